The van der Waals surface area contributed by atoms with Gasteiger partial charge in [-0.05, 0) is 24.1 Å². The minimum atomic E-state index is 0.508. The molecular weight excluding hydrogens is 290 g/mol. The van der Waals surface area contributed by atoms with E-state index in [1.165, 1.54) is 0 Å². The highest BCUT2D eigenvalue weighted by Crippen LogP contribution is 2.24. The number of rotatable bonds is 5. The van der Waals surface area contributed by atoms with Crippen molar-refractivity contribution < 1.29 is 9.47 Å². The third kappa shape index (κ3) is 4.74. The predicted molar refractivity (Wildman–Crippen MR) is 87.1 cm³/mol. The van der Waals surface area contributed by atoms with Crippen LogP contribution in [0, 0.1) is 23.2 Å². The van der Waals surface area contributed by atoms with Gasteiger partial charge in [-0.1, -0.05) is 12.0 Å². The molecule has 0 spiro atoms. The van der Waals surface area contributed by atoms with Crippen molar-refractivity contribution in [2.45, 2.75) is 6.54 Å². The lowest BCUT2D eigenvalue weighted by Crippen LogP contribution is -2.14. The average Bonchev–Trinajstić information content (AvgIpc) is 2.61. The highest BCUT2D eigenvalue weighted by atomic mass is 16.5. The largest absolute Gasteiger partial charge is 0.497 e. The lowest BCUT2D eigenvalue weighted by Gasteiger charge is -2.10. The minimum absolute atomic E-state index is 0.508. The van der Waals surface area contributed by atoms with Crippen LogP contribution >= 0.6 is 0 Å². The van der Waals surface area contributed by atoms with Gasteiger partial charge in [-0.25, -0.2) is 4.98 Å². The van der Waals surface area contributed by atoms with E-state index < -0.39 is 0 Å². The molecule has 116 valence electrons. The number of methoxy groups -OCH3 is 2. The summed E-state index contributed by atoms with van der Waals surface area (Å²) in [6.07, 6.45) is 1.58. The van der Waals surface area contributed by atoms with E-state index in [0.29, 0.717) is 24.3 Å². The highest BCUT2D eigenvalue weighted by molar-refractivity contribution is 5.41. The maximum Gasteiger partial charge on any atom is 0.127 e. The molecule has 2 rings (SSSR count). The molecule has 1 aromatic heterocycles. The van der Waals surface area contributed by atoms with Crippen molar-refractivity contribution in [3.63, 3.8) is 0 Å². The molecule has 2 aromatic rings. The summed E-state index contributed by atoms with van der Waals surface area (Å²) in [4.78, 5) is 4.10. The van der Waals surface area contributed by atoms with Gasteiger partial charge in [-0.2, -0.15) is 5.26 Å². The number of nitrogens with one attached hydrogen (secondary N) is 1. The number of hydrogen-bond acceptors (Lipinski definition) is 5. The second-order valence-corrected chi connectivity index (χ2v) is 4.62. The lowest BCUT2D eigenvalue weighted by atomic mass is 10.2. The molecule has 0 fully saturated rings. The molecule has 0 radical (unpaired) electrons. The van der Waals surface area contributed by atoms with Crippen molar-refractivity contribution >= 4 is 0 Å². The molecule has 0 amide bonds. The van der Waals surface area contributed by atoms with Gasteiger partial charge in [0.25, 0.3) is 0 Å². The Morgan fingerprint density at radius 2 is 2.04 bits per heavy atom. The van der Waals surface area contributed by atoms with Crippen molar-refractivity contribution in [1.82, 2.24) is 10.3 Å². The third-order valence-corrected chi connectivity index (χ3v) is 3.13. The van der Waals surface area contributed by atoms with Crippen LogP contribution in [0.5, 0.6) is 11.5 Å². The van der Waals surface area contributed by atoms with Crippen molar-refractivity contribution in [3.05, 3.63) is 53.3 Å². The predicted octanol–water partition coefficient (Wildman–Crippen LogP) is 2.11. The summed E-state index contributed by atoms with van der Waals surface area (Å²) in [5, 5.41) is 12.1. The van der Waals surface area contributed by atoms with E-state index in [-0.39, 0.29) is 0 Å². The quantitative estimate of drug-likeness (QED) is 0.677. The van der Waals surface area contributed by atoms with Gasteiger partial charge in [-0.3, -0.25) is 0 Å². The molecule has 5 nitrogen and oxygen atoms in total. The molecular formula is C18H17N3O2. The third-order valence-electron chi connectivity index (χ3n) is 3.13. The number of benzene rings is 1. The van der Waals surface area contributed by atoms with E-state index in [1.54, 1.807) is 32.5 Å². The second-order valence-electron chi connectivity index (χ2n) is 4.62. The summed E-state index contributed by atoms with van der Waals surface area (Å²) in [6.45, 7) is 1.14. The van der Waals surface area contributed by atoms with Crippen LogP contribution in [0.25, 0.3) is 0 Å². The molecule has 1 heterocycles. The molecule has 0 saturated heterocycles. The fourth-order valence-electron chi connectivity index (χ4n) is 1.96. The summed E-state index contributed by atoms with van der Waals surface area (Å²) in [6, 6.07) is 11.1. The first-order valence-electron chi connectivity index (χ1n) is 7.03. The molecule has 0 bridgehead atoms. The molecule has 1 N–H and O–H groups in total. The Hall–Kier alpha value is -3.02. The van der Waals surface area contributed by atoms with Crippen LogP contribution in [0.2, 0.25) is 0 Å². The number of nitrogens with zero attached hydrogens (tertiary/aromatic N) is 2. The van der Waals surface area contributed by atoms with Crippen LogP contribution in [-0.2, 0) is 6.54 Å². The molecule has 1 aromatic carbocycles. The lowest BCUT2D eigenvalue weighted by molar-refractivity contribution is 0.390. The maximum absolute atomic E-state index is 8.83. The zero-order valence-corrected chi connectivity index (χ0v) is 13.1. The summed E-state index contributed by atoms with van der Waals surface area (Å²) < 4.78 is 10.5. The first-order chi connectivity index (χ1) is 11.3. The Labute approximate surface area is 135 Å². The minimum Gasteiger partial charge on any atom is -0.497 e. The monoisotopic (exact) mass is 307 g/mol. The molecule has 0 saturated carbocycles. The fourth-order valence-corrected chi connectivity index (χ4v) is 1.96. The Kier molecular flexibility index (Phi) is 5.99. The van der Waals surface area contributed by atoms with Crippen molar-refractivity contribution in [2.75, 3.05) is 20.8 Å². The number of aromatic nitrogens is 1. The summed E-state index contributed by atoms with van der Waals surface area (Å²) in [7, 11) is 3.25. The summed E-state index contributed by atoms with van der Waals surface area (Å²) >= 11 is 0. The molecule has 0 aliphatic rings. The van der Waals surface area contributed by atoms with E-state index in [1.807, 2.05) is 18.2 Å². The molecule has 0 unspecified atom stereocenters. The first-order valence-corrected chi connectivity index (χ1v) is 7.03. The van der Waals surface area contributed by atoms with Gasteiger partial charge in [-0.15, -0.1) is 0 Å². The number of nitriles is 1. The molecule has 5 heteroatoms. The van der Waals surface area contributed by atoms with E-state index in [9.17, 15) is 0 Å². The zero-order valence-electron chi connectivity index (χ0n) is 13.1. The second kappa shape index (κ2) is 8.43. The molecule has 0 aliphatic heterocycles. The molecule has 23 heavy (non-hydrogen) atoms. The van der Waals surface area contributed by atoms with Gasteiger partial charge in [0.1, 0.15) is 17.2 Å². The van der Waals surface area contributed by atoms with Gasteiger partial charge >= 0.3 is 0 Å². The van der Waals surface area contributed by atoms with E-state index in [4.69, 9.17) is 14.7 Å². The van der Waals surface area contributed by atoms with Crippen molar-refractivity contribution in [1.29, 1.82) is 5.26 Å². The van der Waals surface area contributed by atoms with Gasteiger partial charge < -0.3 is 14.8 Å². The van der Waals surface area contributed by atoms with Crippen LogP contribution in [-0.4, -0.2) is 25.7 Å². The van der Waals surface area contributed by atoms with Gasteiger partial charge in [0, 0.05) is 24.4 Å². The van der Waals surface area contributed by atoms with Gasteiger partial charge in [0.05, 0.1) is 32.4 Å². The zero-order chi connectivity index (χ0) is 16.5. The van der Waals surface area contributed by atoms with Gasteiger partial charge in [0.15, 0.2) is 0 Å². The van der Waals surface area contributed by atoms with Crippen LogP contribution in [0.15, 0.2) is 36.5 Å². The standard InChI is InChI=1S/C18H17N3O2/c1-22-17-6-5-15(18(11-17)23-2)13-20-8-3-4-16-10-14(12-19)7-9-21-16/h5-7,9-11,20H,8,13H2,1-2H3. The smallest absolute Gasteiger partial charge is 0.127 e. The number of ether oxygens (including phenoxy) is 2. The number of hydrogen-bond donors (Lipinski definition) is 1. The van der Waals surface area contributed by atoms with Crippen molar-refractivity contribution in [2.24, 2.45) is 0 Å². The van der Waals surface area contributed by atoms with E-state index in [0.717, 1.165) is 17.1 Å². The van der Waals surface area contributed by atoms with Crippen LogP contribution in [0.4, 0.5) is 0 Å². The Morgan fingerprint density at radius 3 is 2.78 bits per heavy atom. The summed E-state index contributed by atoms with van der Waals surface area (Å²) in [5.74, 6) is 7.44. The van der Waals surface area contributed by atoms with Crippen LogP contribution < -0.4 is 14.8 Å². The summed E-state index contributed by atoms with van der Waals surface area (Å²) in [5.41, 5.74) is 2.17. The molecule has 0 atom stereocenters. The first kappa shape index (κ1) is 16.4. The molecule has 0 aliphatic carbocycles. The Morgan fingerprint density at radius 1 is 1.17 bits per heavy atom. The Balaban J connectivity index is 1.91. The van der Waals surface area contributed by atoms with Crippen LogP contribution in [0.3, 0.4) is 0 Å². The van der Waals surface area contributed by atoms with E-state index >= 15 is 0 Å². The normalized spacial score (nSPS) is 9.43. The Bertz CT molecular complexity index is 770. The van der Waals surface area contributed by atoms with Crippen molar-refractivity contribution in [3.8, 4) is 29.4 Å². The SMILES string of the molecule is COc1ccc(CNCC#Cc2cc(C#N)ccn2)c(OC)c1. The van der Waals surface area contributed by atoms with Crippen LogP contribution in [0.1, 0.15) is 16.8 Å². The van der Waals surface area contributed by atoms with E-state index in [2.05, 4.69) is 28.2 Å². The number of pyridine rings is 1. The average molecular weight is 307 g/mol. The van der Waals surface area contributed by atoms with Gasteiger partial charge in [0.2, 0.25) is 0 Å². The maximum atomic E-state index is 8.83. The fraction of sp³-hybridized carbons (Fsp3) is 0.222. The highest BCUT2D eigenvalue weighted by Gasteiger charge is 2.03. The topological polar surface area (TPSA) is 67.2 Å².